The summed E-state index contributed by atoms with van der Waals surface area (Å²) in [5.41, 5.74) is 2.06. The van der Waals surface area contributed by atoms with Crippen LogP contribution in [-0.2, 0) is 0 Å². The van der Waals surface area contributed by atoms with Crippen LogP contribution in [0.2, 0.25) is 0 Å². The lowest BCUT2D eigenvalue weighted by Gasteiger charge is -1.93. The third-order valence-corrected chi connectivity index (χ3v) is 1.88. The molecule has 0 fully saturated rings. The maximum absolute atomic E-state index is 13.2. The van der Waals surface area contributed by atoms with Gasteiger partial charge in [-0.05, 0) is 25.5 Å². The fourth-order valence-electron chi connectivity index (χ4n) is 1.24. The van der Waals surface area contributed by atoms with Gasteiger partial charge in [-0.25, -0.2) is 8.91 Å². The Bertz CT molecular complexity index is 433. The average Bonchev–Trinajstić information content (AvgIpc) is 2.60. The number of hydrogen-bond acceptors (Lipinski definition) is 1. The topological polar surface area (TPSA) is 17.3 Å². The van der Waals surface area contributed by atoms with Gasteiger partial charge in [0.1, 0.15) is 5.52 Å². The van der Waals surface area contributed by atoms with Crippen LogP contribution >= 0.6 is 0 Å². The molecule has 0 saturated carbocycles. The standard InChI is InChI=1S/C9H9FN2.2C2H6/c1-6-3-4-8-9(10)7(2)11-12(8)5-6;2*1-2/h3-5H,1-2H3;2*1-2H3. The quantitative estimate of drug-likeness (QED) is 0.657. The molecule has 2 nitrogen and oxygen atoms in total. The van der Waals surface area contributed by atoms with Gasteiger partial charge in [0.25, 0.3) is 0 Å². The number of nitrogens with zero attached hydrogens (tertiary/aromatic N) is 2. The number of hydrogen-bond donors (Lipinski definition) is 0. The molecule has 0 bridgehead atoms. The summed E-state index contributed by atoms with van der Waals surface area (Å²) in [5.74, 6) is -0.227. The highest BCUT2D eigenvalue weighted by Gasteiger charge is 2.06. The van der Waals surface area contributed by atoms with Crippen LogP contribution in [-0.4, -0.2) is 9.61 Å². The van der Waals surface area contributed by atoms with E-state index in [-0.39, 0.29) is 5.82 Å². The molecule has 0 aromatic carbocycles. The van der Waals surface area contributed by atoms with E-state index >= 15 is 0 Å². The van der Waals surface area contributed by atoms with Crippen molar-refractivity contribution in [3.63, 3.8) is 0 Å². The second kappa shape index (κ2) is 6.99. The molecule has 0 saturated heterocycles. The summed E-state index contributed by atoms with van der Waals surface area (Å²) in [4.78, 5) is 0. The van der Waals surface area contributed by atoms with E-state index in [1.54, 1.807) is 17.5 Å². The van der Waals surface area contributed by atoms with Gasteiger partial charge in [0.05, 0.1) is 5.69 Å². The summed E-state index contributed by atoms with van der Waals surface area (Å²) < 4.78 is 14.8. The predicted molar refractivity (Wildman–Crippen MR) is 67.3 cm³/mol. The minimum absolute atomic E-state index is 0.227. The smallest absolute Gasteiger partial charge is 0.171 e. The summed E-state index contributed by atoms with van der Waals surface area (Å²) >= 11 is 0. The van der Waals surface area contributed by atoms with Crippen molar-refractivity contribution in [3.8, 4) is 0 Å². The summed E-state index contributed by atoms with van der Waals surface area (Å²) in [5, 5.41) is 4.02. The number of aryl methyl sites for hydroxylation is 2. The molecule has 0 aliphatic carbocycles. The van der Waals surface area contributed by atoms with Gasteiger partial charge in [0.15, 0.2) is 5.82 Å². The molecule has 0 amide bonds. The van der Waals surface area contributed by atoms with Gasteiger partial charge >= 0.3 is 0 Å². The molecule has 0 N–H and O–H groups in total. The van der Waals surface area contributed by atoms with Crippen LogP contribution in [0.15, 0.2) is 18.3 Å². The lowest BCUT2D eigenvalue weighted by atomic mass is 10.3. The third kappa shape index (κ3) is 3.05. The van der Waals surface area contributed by atoms with E-state index in [1.165, 1.54) is 0 Å². The monoisotopic (exact) mass is 224 g/mol. The molecule has 2 heterocycles. The zero-order valence-corrected chi connectivity index (χ0v) is 11.0. The minimum atomic E-state index is -0.227. The van der Waals surface area contributed by atoms with Crippen LogP contribution in [0.4, 0.5) is 4.39 Å². The second-order valence-corrected chi connectivity index (χ2v) is 2.94. The Morgan fingerprint density at radius 3 is 2.19 bits per heavy atom. The third-order valence-electron chi connectivity index (χ3n) is 1.88. The molecule has 0 aliphatic heterocycles. The molecule has 90 valence electrons. The van der Waals surface area contributed by atoms with Crippen molar-refractivity contribution in [2.75, 3.05) is 0 Å². The lowest BCUT2D eigenvalue weighted by molar-refractivity contribution is 0.629. The maximum atomic E-state index is 13.2. The van der Waals surface area contributed by atoms with E-state index in [0.717, 1.165) is 5.56 Å². The molecule has 0 unspecified atom stereocenters. The molecule has 2 rings (SSSR count). The first kappa shape index (κ1) is 14.6. The van der Waals surface area contributed by atoms with Gasteiger partial charge in [-0.2, -0.15) is 5.10 Å². The zero-order valence-electron chi connectivity index (χ0n) is 11.0. The molecule has 0 spiro atoms. The number of fused-ring (bicyclic) bond motifs is 1. The predicted octanol–water partition coefficient (Wildman–Crippen LogP) is 4.14. The number of halogens is 1. The SMILES string of the molecule is CC.CC.Cc1ccc2c(F)c(C)nn2c1. The highest BCUT2D eigenvalue weighted by Crippen LogP contribution is 2.13. The van der Waals surface area contributed by atoms with Gasteiger partial charge in [0, 0.05) is 6.20 Å². The molecule has 0 atom stereocenters. The van der Waals surface area contributed by atoms with Crippen LogP contribution < -0.4 is 0 Å². The minimum Gasteiger partial charge on any atom is -0.237 e. The van der Waals surface area contributed by atoms with Crippen LogP contribution in [0.3, 0.4) is 0 Å². The Balaban J connectivity index is 0.000000509. The zero-order chi connectivity index (χ0) is 12.7. The van der Waals surface area contributed by atoms with Crippen LogP contribution in [0.25, 0.3) is 5.52 Å². The van der Waals surface area contributed by atoms with Crippen molar-refractivity contribution >= 4 is 5.52 Å². The summed E-state index contributed by atoms with van der Waals surface area (Å²) in [6, 6.07) is 3.62. The first-order chi connectivity index (χ1) is 7.68. The van der Waals surface area contributed by atoms with Crippen molar-refractivity contribution in [2.24, 2.45) is 0 Å². The Kier molecular flexibility index (Phi) is 6.38. The first-order valence-corrected chi connectivity index (χ1v) is 5.79. The fraction of sp³-hybridized carbons (Fsp3) is 0.462. The lowest BCUT2D eigenvalue weighted by Crippen LogP contribution is -1.87. The van der Waals surface area contributed by atoms with E-state index in [9.17, 15) is 4.39 Å². The summed E-state index contributed by atoms with van der Waals surface area (Å²) in [6.45, 7) is 11.6. The van der Waals surface area contributed by atoms with Gasteiger partial charge in [-0.15, -0.1) is 0 Å². The molecular weight excluding hydrogens is 203 g/mol. The summed E-state index contributed by atoms with van der Waals surface area (Å²) in [6.07, 6.45) is 1.81. The molecule has 16 heavy (non-hydrogen) atoms. The van der Waals surface area contributed by atoms with E-state index in [4.69, 9.17) is 0 Å². The Morgan fingerprint density at radius 2 is 1.62 bits per heavy atom. The first-order valence-electron chi connectivity index (χ1n) is 5.79. The van der Waals surface area contributed by atoms with Crippen molar-refractivity contribution < 1.29 is 4.39 Å². The van der Waals surface area contributed by atoms with Gasteiger partial charge in [-0.1, -0.05) is 33.8 Å². The Labute approximate surface area is 97.1 Å². The van der Waals surface area contributed by atoms with E-state index < -0.39 is 0 Å². The highest BCUT2D eigenvalue weighted by atomic mass is 19.1. The van der Waals surface area contributed by atoms with Gasteiger partial charge < -0.3 is 0 Å². The van der Waals surface area contributed by atoms with Crippen LogP contribution in [0.1, 0.15) is 39.0 Å². The van der Waals surface area contributed by atoms with E-state index in [2.05, 4.69) is 5.10 Å². The highest BCUT2D eigenvalue weighted by molar-refractivity contribution is 5.49. The molecule has 2 aromatic rings. The second-order valence-electron chi connectivity index (χ2n) is 2.94. The number of pyridine rings is 1. The van der Waals surface area contributed by atoms with Crippen LogP contribution in [0.5, 0.6) is 0 Å². The number of rotatable bonds is 0. The molecule has 0 radical (unpaired) electrons. The van der Waals surface area contributed by atoms with E-state index in [1.807, 2.05) is 46.9 Å². The summed E-state index contributed by atoms with van der Waals surface area (Å²) in [7, 11) is 0. The average molecular weight is 224 g/mol. The van der Waals surface area contributed by atoms with E-state index in [0.29, 0.717) is 11.2 Å². The van der Waals surface area contributed by atoms with Crippen LogP contribution in [0, 0.1) is 19.7 Å². The fourth-order valence-corrected chi connectivity index (χ4v) is 1.24. The molecule has 2 aromatic heterocycles. The largest absolute Gasteiger partial charge is 0.237 e. The normalized spacial score (nSPS) is 8.94. The maximum Gasteiger partial charge on any atom is 0.171 e. The van der Waals surface area contributed by atoms with Crippen molar-refractivity contribution in [2.45, 2.75) is 41.5 Å². The van der Waals surface area contributed by atoms with Crippen molar-refractivity contribution in [3.05, 3.63) is 35.4 Å². The molecule has 3 heteroatoms. The van der Waals surface area contributed by atoms with Gasteiger partial charge in [-0.3, -0.25) is 0 Å². The Hall–Kier alpha value is -1.38. The van der Waals surface area contributed by atoms with Gasteiger partial charge in [0.2, 0.25) is 0 Å². The molecule has 0 aliphatic rings. The Morgan fingerprint density at radius 1 is 1.06 bits per heavy atom. The molecular formula is C13H21FN2. The van der Waals surface area contributed by atoms with Crippen molar-refractivity contribution in [1.29, 1.82) is 0 Å². The number of aromatic nitrogens is 2. The van der Waals surface area contributed by atoms with Crippen molar-refractivity contribution in [1.82, 2.24) is 9.61 Å².